The van der Waals surface area contributed by atoms with Gasteiger partial charge >= 0.3 is 0 Å². The van der Waals surface area contributed by atoms with Gasteiger partial charge in [-0.25, -0.2) is 0 Å². The van der Waals surface area contributed by atoms with Crippen LogP contribution >= 0.6 is 0 Å². The van der Waals surface area contributed by atoms with Gasteiger partial charge < -0.3 is 15.2 Å². The third kappa shape index (κ3) is 3.21. The van der Waals surface area contributed by atoms with Gasteiger partial charge in [-0.1, -0.05) is 6.42 Å². The number of rotatable bonds is 4. The van der Waals surface area contributed by atoms with Crippen molar-refractivity contribution >= 4 is 0 Å². The van der Waals surface area contributed by atoms with Crippen molar-refractivity contribution in [3.8, 4) is 5.75 Å². The lowest BCUT2D eigenvalue weighted by atomic mass is 9.87. The van der Waals surface area contributed by atoms with Crippen LogP contribution in [0.5, 0.6) is 5.75 Å². The molecule has 4 nitrogen and oxygen atoms in total. The van der Waals surface area contributed by atoms with Gasteiger partial charge in [-0.3, -0.25) is 4.98 Å². The zero-order valence-corrected chi connectivity index (χ0v) is 11.1. The summed E-state index contributed by atoms with van der Waals surface area (Å²) in [6.45, 7) is 2.90. The van der Waals surface area contributed by atoms with Gasteiger partial charge in [0.25, 0.3) is 0 Å². The first-order valence-electron chi connectivity index (χ1n) is 6.57. The summed E-state index contributed by atoms with van der Waals surface area (Å²) in [6, 6.07) is 2.25. The van der Waals surface area contributed by atoms with Crippen LogP contribution < -0.4 is 10.1 Å². The second kappa shape index (κ2) is 5.67. The molecule has 100 valence electrons. The molecule has 4 heteroatoms. The van der Waals surface area contributed by atoms with E-state index < -0.39 is 5.60 Å². The number of hydrogen-bond acceptors (Lipinski definition) is 4. The van der Waals surface area contributed by atoms with Crippen LogP contribution in [0.1, 0.15) is 38.2 Å². The second-order valence-electron chi connectivity index (χ2n) is 5.24. The van der Waals surface area contributed by atoms with Gasteiger partial charge in [0.1, 0.15) is 5.75 Å². The summed E-state index contributed by atoms with van der Waals surface area (Å²) < 4.78 is 5.15. The highest BCUT2D eigenvalue weighted by molar-refractivity contribution is 5.27. The van der Waals surface area contributed by atoms with Crippen LogP contribution in [0.3, 0.4) is 0 Å². The topological polar surface area (TPSA) is 54.4 Å². The molecule has 0 bridgehead atoms. The first-order chi connectivity index (χ1) is 8.62. The number of methoxy groups -OCH3 is 1. The highest BCUT2D eigenvalue weighted by atomic mass is 16.5. The monoisotopic (exact) mass is 250 g/mol. The molecule has 0 aliphatic carbocycles. The summed E-state index contributed by atoms with van der Waals surface area (Å²) in [6.07, 6.45) is 7.68. The standard InChI is InChI=1S/C14H22N2O2/c1-14(17,8-12-5-3-4-6-16-12)11-7-13(18-2)10-15-9-11/h7,9-10,12,16-17H,3-6,8H2,1-2H3. The molecule has 2 N–H and O–H groups in total. The van der Waals surface area contributed by atoms with Gasteiger partial charge in [-0.15, -0.1) is 0 Å². The molecule has 0 saturated carbocycles. The molecule has 0 amide bonds. The predicted octanol–water partition coefficient (Wildman–Crippen LogP) is 1.83. The zero-order chi connectivity index (χ0) is 13.0. The van der Waals surface area contributed by atoms with Gasteiger partial charge in [0.2, 0.25) is 0 Å². The Bertz CT molecular complexity index is 387. The Morgan fingerprint density at radius 1 is 1.50 bits per heavy atom. The fourth-order valence-electron chi connectivity index (χ4n) is 2.52. The van der Waals surface area contributed by atoms with Gasteiger partial charge in [0.15, 0.2) is 0 Å². The molecule has 2 unspecified atom stereocenters. The first-order valence-corrected chi connectivity index (χ1v) is 6.57. The van der Waals surface area contributed by atoms with E-state index in [9.17, 15) is 5.11 Å². The lowest BCUT2D eigenvalue weighted by molar-refractivity contribution is 0.0327. The molecule has 1 aliphatic heterocycles. The fraction of sp³-hybridized carbons (Fsp3) is 0.643. The van der Waals surface area contributed by atoms with E-state index >= 15 is 0 Å². The fourth-order valence-corrected chi connectivity index (χ4v) is 2.52. The van der Waals surface area contributed by atoms with Crippen molar-refractivity contribution in [2.75, 3.05) is 13.7 Å². The molecule has 1 fully saturated rings. The molecule has 2 heterocycles. The molecule has 1 aromatic heterocycles. The van der Waals surface area contributed by atoms with Crippen LogP contribution in [0.15, 0.2) is 18.5 Å². The summed E-state index contributed by atoms with van der Waals surface area (Å²) in [4.78, 5) is 4.11. The lowest BCUT2D eigenvalue weighted by Crippen LogP contribution is -2.39. The Morgan fingerprint density at radius 2 is 2.33 bits per heavy atom. The zero-order valence-electron chi connectivity index (χ0n) is 11.1. The van der Waals surface area contributed by atoms with E-state index in [2.05, 4.69) is 10.3 Å². The van der Waals surface area contributed by atoms with Crippen molar-refractivity contribution in [2.24, 2.45) is 0 Å². The molecule has 1 aliphatic rings. The molecule has 2 atom stereocenters. The average molecular weight is 250 g/mol. The number of pyridine rings is 1. The molecule has 0 radical (unpaired) electrons. The van der Waals surface area contributed by atoms with Crippen molar-refractivity contribution < 1.29 is 9.84 Å². The van der Waals surface area contributed by atoms with Gasteiger partial charge in [-0.05, 0) is 38.8 Å². The molecule has 0 aromatic carbocycles. The van der Waals surface area contributed by atoms with Crippen LogP contribution in [-0.2, 0) is 5.60 Å². The van der Waals surface area contributed by atoms with E-state index in [1.807, 2.05) is 13.0 Å². The number of aliphatic hydroxyl groups is 1. The van der Waals surface area contributed by atoms with E-state index in [1.165, 1.54) is 12.8 Å². The average Bonchev–Trinajstić information content (AvgIpc) is 2.39. The van der Waals surface area contributed by atoms with Crippen molar-refractivity contribution in [1.82, 2.24) is 10.3 Å². The quantitative estimate of drug-likeness (QED) is 0.856. The summed E-state index contributed by atoms with van der Waals surface area (Å²) >= 11 is 0. The van der Waals surface area contributed by atoms with E-state index in [0.29, 0.717) is 18.2 Å². The Hall–Kier alpha value is -1.13. The second-order valence-corrected chi connectivity index (χ2v) is 5.24. The number of nitrogens with one attached hydrogen (secondary N) is 1. The molecule has 0 spiro atoms. The van der Waals surface area contributed by atoms with Crippen LogP contribution in [-0.4, -0.2) is 29.8 Å². The van der Waals surface area contributed by atoms with E-state index in [4.69, 9.17) is 4.74 Å². The number of hydrogen-bond donors (Lipinski definition) is 2. The first kappa shape index (κ1) is 13.3. The van der Waals surface area contributed by atoms with Crippen molar-refractivity contribution in [3.63, 3.8) is 0 Å². The van der Waals surface area contributed by atoms with Crippen molar-refractivity contribution in [2.45, 2.75) is 44.2 Å². The largest absolute Gasteiger partial charge is 0.495 e. The van der Waals surface area contributed by atoms with Crippen LogP contribution in [0, 0.1) is 0 Å². The van der Waals surface area contributed by atoms with Crippen LogP contribution in [0.2, 0.25) is 0 Å². The van der Waals surface area contributed by atoms with E-state index in [1.54, 1.807) is 19.5 Å². The Morgan fingerprint density at radius 3 is 3.00 bits per heavy atom. The molecule has 2 rings (SSSR count). The Kier molecular flexibility index (Phi) is 4.19. The molecular formula is C14H22N2O2. The molecular weight excluding hydrogens is 228 g/mol. The number of aromatic nitrogens is 1. The predicted molar refractivity (Wildman–Crippen MR) is 70.6 cm³/mol. The maximum absolute atomic E-state index is 10.6. The van der Waals surface area contributed by atoms with Crippen LogP contribution in [0.25, 0.3) is 0 Å². The van der Waals surface area contributed by atoms with Crippen molar-refractivity contribution in [1.29, 1.82) is 0 Å². The number of piperidine rings is 1. The maximum Gasteiger partial charge on any atom is 0.137 e. The van der Waals surface area contributed by atoms with Gasteiger partial charge in [-0.2, -0.15) is 0 Å². The number of ether oxygens (including phenoxy) is 1. The normalized spacial score (nSPS) is 23.4. The SMILES string of the molecule is COc1cncc(C(C)(O)CC2CCCCN2)c1. The molecule has 18 heavy (non-hydrogen) atoms. The third-order valence-corrected chi connectivity index (χ3v) is 3.63. The van der Waals surface area contributed by atoms with Gasteiger partial charge in [0, 0.05) is 17.8 Å². The molecule has 1 aromatic rings. The summed E-state index contributed by atoms with van der Waals surface area (Å²) in [7, 11) is 1.61. The Labute approximate surface area is 108 Å². The molecule has 1 saturated heterocycles. The highest BCUT2D eigenvalue weighted by Crippen LogP contribution is 2.29. The summed E-state index contributed by atoms with van der Waals surface area (Å²) in [5, 5.41) is 14.1. The van der Waals surface area contributed by atoms with Crippen LogP contribution in [0.4, 0.5) is 0 Å². The van der Waals surface area contributed by atoms with E-state index in [0.717, 1.165) is 18.5 Å². The summed E-state index contributed by atoms with van der Waals surface area (Å²) in [5.41, 5.74) is -0.0504. The maximum atomic E-state index is 10.6. The lowest BCUT2D eigenvalue weighted by Gasteiger charge is -2.31. The minimum Gasteiger partial charge on any atom is -0.495 e. The third-order valence-electron chi connectivity index (χ3n) is 3.63. The van der Waals surface area contributed by atoms with E-state index in [-0.39, 0.29) is 0 Å². The minimum absolute atomic E-state index is 0.389. The van der Waals surface area contributed by atoms with Gasteiger partial charge in [0.05, 0.1) is 18.9 Å². The Balaban J connectivity index is 2.08. The van der Waals surface area contributed by atoms with Crippen molar-refractivity contribution in [3.05, 3.63) is 24.0 Å². The minimum atomic E-state index is -0.865. The number of nitrogens with zero attached hydrogens (tertiary/aromatic N) is 1. The smallest absolute Gasteiger partial charge is 0.137 e. The summed E-state index contributed by atoms with van der Waals surface area (Å²) in [5.74, 6) is 0.685. The highest BCUT2D eigenvalue weighted by Gasteiger charge is 2.28.